The van der Waals surface area contributed by atoms with Crippen molar-refractivity contribution in [3.8, 4) is 34.5 Å². The summed E-state index contributed by atoms with van der Waals surface area (Å²) in [6, 6.07) is 3.37. The molecule has 0 saturated carbocycles. The van der Waals surface area contributed by atoms with Gasteiger partial charge in [-0.1, -0.05) is 0 Å². The molecule has 13 heteroatoms. The number of phenolic OH excluding ortho intramolecular Hbond substituents is 3. The molecule has 0 spiro atoms. The van der Waals surface area contributed by atoms with Crippen LogP contribution in [0.5, 0.6) is 34.5 Å². The number of carbonyl (C=O) groups is 2. The Bertz CT molecular complexity index is 1170. The second-order valence-corrected chi connectivity index (χ2v) is 7.98. The molecule has 2 aromatic carbocycles. The summed E-state index contributed by atoms with van der Waals surface area (Å²) in [6.07, 6.45) is -7.27. The van der Waals surface area contributed by atoms with E-state index in [1.165, 1.54) is 33.5 Å². The number of aliphatic hydroxyl groups is 2. The normalized spacial score (nSPS) is 24.7. The number of phenols is 3. The molecule has 2 aromatic rings. The Morgan fingerprint density at radius 3 is 2.19 bits per heavy atom. The van der Waals surface area contributed by atoms with Gasteiger partial charge in [-0.3, -0.25) is 0 Å². The van der Waals surface area contributed by atoms with Crippen molar-refractivity contribution in [2.75, 3.05) is 27.9 Å². The minimum absolute atomic E-state index is 0.0882. The van der Waals surface area contributed by atoms with E-state index in [2.05, 4.69) is 0 Å². The molecule has 2 aliphatic heterocycles. The molecule has 0 amide bonds. The average molecular weight is 508 g/mol. The van der Waals surface area contributed by atoms with Gasteiger partial charge in [0.15, 0.2) is 35.2 Å². The maximum atomic E-state index is 13.0. The summed E-state index contributed by atoms with van der Waals surface area (Å²) in [5, 5.41) is 51.5. The highest BCUT2D eigenvalue weighted by Gasteiger charge is 2.54. The highest BCUT2D eigenvalue weighted by molar-refractivity contribution is 5.95. The number of hydrogen-bond donors (Lipinski definition) is 5. The second-order valence-electron chi connectivity index (χ2n) is 7.98. The first-order valence-corrected chi connectivity index (χ1v) is 10.6. The van der Waals surface area contributed by atoms with Gasteiger partial charge >= 0.3 is 11.9 Å². The Labute approximate surface area is 203 Å². The molecule has 0 aromatic heterocycles. The van der Waals surface area contributed by atoms with Crippen molar-refractivity contribution in [3.05, 3.63) is 34.9 Å². The number of fused-ring (bicyclic) bond motifs is 3. The minimum Gasteiger partial charge on any atom is -0.504 e. The molecule has 2 heterocycles. The molecule has 5 N–H and O–H groups in total. The Morgan fingerprint density at radius 1 is 1.00 bits per heavy atom. The second kappa shape index (κ2) is 9.60. The van der Waals surface area contributed by atoms with E-state index in [1.807, 2.05) is 0 Å². The predicted octanol–water partition coefficient (Wildman–Crippen LogP) is 0.387. The fraction of sp³-hybridized carbons (Fsp3) is 0.391. The summed E-state index contributed by atoms with van der Waals surface area (Å²) in [5.74, 6) is -4.02. The highest BCUT2D eigenvalue weighted by atomic mass is 16.6. The summed E-state index contributed by atoms with van der Waals surface area (Å²) in [6.45, 7) is -0.710. The quantitative estimate of drug-likeness (QED) is 0.337. The molecule has 5 atom stereocenters. The van der Waals surface area contributed by atoms with E-state index in [0.717, 1.165) is 6.07 Å². The molecule has 0 bridgehead atoms. The van der Waals surface area contributed by atoms with Gasteiger partial charge in [0.2, 0.25) is 11.5 Å². The number of benzene rings is 2. The number of aliphatic hydroxyl groups excluding tert-OH is 2. The zero-order valence-corrected chi connectivity index (χ0v) is 19.3. The van der Waals surface area contributed by atoms with Gasteiger partial charge in [0, 0.05) is 5.56 Å². The number of rotatable bonds is 6. The van der Waals surface area contributed by atoms with Crippen LogP contribution in [0.15, 0.2) is 18.2 Å². The van der Waals surface area contributed by atoms with E-state index >= 15 is 0 Å². The summed E-state index contributed by atoms with van der Waals surface area (Å²) < 4.78 is 31.7. The molecule has 2 aliphatic rings. The molecule has 5 unspecified atom stereocenters. The van der Waals surface area contributed by atoms with Crippen LogP contribution in [0.1, 0.15) is 32.4 Å². The van der Waals surface area contributed by atoms with Crippen LogP contribution in [0.3, 0.4) is 0 Å². The number of aromatic hydroxyl groups is 3. The van der Waals surface area contributed by atoms with Crippen molar-refractivity contribution >= 4 is 11.9 Å². The molecule has 0 aliphatic carbocycles. The van der Waals surface area contributed by atoms with E-state index in [1.54, 1.807) is 0 Å². The van der Waals surface area contributed by atoms with Crippen LogP contribution in [-0.4, -0.2) is 89.8 Å². The lowest BCUT2D eigenvalue weighted by atomic mass is 9.86. The van der Waals surface area contributed by atoms with Crippen molar-refractivity contribution in [3.63, 3.8) is 0 Å². The van der Waals surface area contributed by atoms with Crippen LogP contribution in [0, 0.1) is 0 Å². The number of methoxy groups -OCH3 is 3. The van der Waals surface area contributed by atoms with E-state index in [0.29, 0.717) is 0 Å². The summed E-state index contributed by atoms with van der Waals surface area (Å²) in [4.78, 5) is 25.8. The third-order valence-electron chi connectivity index (χ3n) is 6.03. The van der Waals surface area contributed by atoms with E-state index in [4.69, 9.17) is 28.4 Å². The van der Waals surface area contributed by atoms with Crippen molar-refractivity contribution in [2.24, 2.45) is 0 Å². The Kier molecular flexibility index (Phi) is 6.71. The lowest BCUT2D eigenvalue weighted by Gasteiger charge is -2.45. The largest absolute Gasteiger partial charge is 0.504 e. The number of carbonyl (C=O) groups excluding carboxylic acids is 2. The van der Waals surface area contributed by atoms with Gasteiger partial charge in [0.25, 0.3) is 0 Å². The highest BCUT2D eigenvalue weighted by Crippen LogP contribution is 2.50. The van der Waals surface area contributed by atoms with Crippen molar-refractivity contribution in [2.45, 2.75) is 30.5 Å². The smallest absolute Gasteiger partial charge is 0.339 e. The van der Waals surface area contributed by atoms with Gasteiger partial charge < -0.3 is 54.0 Å². The number of hydrogen-bond acceptors (Lipinski definition) is 13. The van der Waals surface area contributed by atoms with Crippen LogP contribution >= 0.6 is 0 Å². The summed E-state index contributed by atoms with van der Waals surface area (Å²) in [5.41, 5.74) is -0.502. The first kappa shape index (κ1) is 25.2. The minimum atomic E-state index is -1.64. The molecule has 1 saturated heterocycles. The molecule has 1 fully saturated rings. The average Bonchev–Trinajstić information content (AvgIpc) is 2.86. The molecule has 0 radical (unpaired) electrons. The number of ether oxygens (including phenoxy) is 6. The van der Waals surface area contributed by atoms with Gasteiger partial charge in [-0.15, -0.1) is 0 Å². The van der Waals surface area contributed by atoms with Gasteiger partial charge in [0.1, 0.15) is 18.3 Å². The Morgan fingerprint density at radius 2 is 1.64 bits per heavy atom. The van der Waals surface area contributed by atoms with Crippen molar-refractivity contribution in [1.29, 1.82) is 0 Å². The van der Waals surface area contributed by atoms with Crippen molar-refractivity contribution in [1.82, 2.24) is 0 Å². The fourth-order valence-electron chi connectivity index (χ4n) is 4.27. The maximum Gasteiger partial charge on any atom is 0.339 e. The van der Waals surface area contributed by atoms with Crippen LogP contribution in [0.4, 0.5) is 0 Å². The zero-order valence-electron chi connectivity index (χ0n) is 19.3. The standard InChI is InChI=1S/C23H24O13/c1-31-11-4-8(5-12(32-2)15(11)26)22(29)35-20-16(27)13(7-24)34-19-14-9(23(30)36-21(19)20)6-10(25)18(33-3)17(14)28/h4-6,13,16,19-21,24-28H,7H2,1-3H3. The maximum absolute atomic E-state index is 13.0. The SMILES string of the molecule is COc1cc(C(=O)OC2C(O)C(CO)OC3c4c(cc(O)c(OC)c4O)C(=O)OC32)cc(OC)c1O. The van der Waals surface area contributed by atoms with Gasteiger partial charge in [0.05, 0.1) is 39.1 Å². The topological polar surface area (TPSA) is 191 Å². The van der Waals surface area contributed by atoms with Crippen molar-refractivity contribution < 1.29 is 63.5 Å². The number of esters is 2. The third kappa shape index (κ3) is 3.96. The monoisotopic (exact) mass is 508 g/mol. The van der Waals surface area contributed by atoms with Crippen LogP contribution in [-0.2, 0) is 14.2 Å². The van der Waals surface area contributed by atoms with E-state index < -0.39 is 60.6 Å². The van der Waals surface area contributed by atoms with Crippen LogP contribution in [0.25, 0.3) is 0 Å². The van der Waals surface area contributed by atoms with Gasteiger partial charge in [-0.25, -0.2) is 9.59 Å². The Balaban J connectivity index is 1.75. The summed E-state index contributed by atoms with van der Waals surface area (Å²) in [7, 11) is 3.71. The third-order valence-corrected chi connectivity index (χ3v) is 6.03. The van der Waals surface area contributed by atoms with E-state index in [-0.39, 0.29) is 39.7 Å². The molecule has 194 valence electrons. The predicted molar refractivity (Wildman–Crippen MR) is 117 cm³/mol. The van der Waals surface area contributed by atoms with E-state index in [9.17, 15) is 35.1 Å². The van der Waals surface area contributed by atoms with Gasteiger partial charge in [-0.2, -0.15) is 0 Å². The molecular formula is C23H24O13. The lowest BCUT2D eigenvalue weighted by molar-refractivity contribution is -0.235. The lowest BCUT2D eigenvalue weighted by Crippen LogP contribution is -2.59. The molecule has 4 rings (SSSR count). The van der Waals surface area contributed by atoms with Crippen LogP contribution in [0.2, 0.25) is 0 Å². The van der Waals surface area contributed by atoms with Gasteiger partial charge in [-0.05, 0) is 18.2 Å². The molecule has 36 heavy (non-hydrogen) atoms. The fourth-order valence-corrected chi connectivity index (χ4v) is 4.27. The molecular weight excluding hydrogens is 484 g/mol. The zero-order chi connectivity index (χ0) is 26.3. The molecule has 13 nitrogen and oxygen atoms in total. The first-order valence-electron chi connectivity index (χ1n) is 10.6. The van der Waals surface area contributed by atoms with Crippen LogP contribution < -0.4 is 14.2 Å². The summed E-state index contributed by atoms with van der Waals surface area (Å²) >= 11 is 0. The Hall–Kier alpha value is -3.94. The first-order chi connectivity index (χ1) is 17.2.